The molecule has 3 rings (SSSR count). The molecule has 8 nitrogen and oxygen atoms in total. The van der Waals surface area contributed by atoms with E-state index in [9.17, 15) is 13.2 Å². The maximum absolute atomic E-state index is 12.4. The highest BCUT2D eigenvalue weighted by molar-refractivity contribution is 7.89. The number of pyridine rings is 1. The number of sulfonamides is 1. The molecular weight excluding hydrogens is 394 g/mol. The van der Waals surface area contributed by atoms with Gasteiger partial charge >= 0.3 is 0 Å². The van der Waals surface area contributed by atoms with Crippen molar-refractivity contribution in [3.63, 3.8) is 0 Å². The molecule has 1 unspecified atom stereocenters. The minimum Gasteiger partial charge on any atom is -0.478 e. The summed E-state index contributed by atoms with van der Waals surface area (Å²) in [6.45, 7) is 3.52. The fourth-order valence-electron chi connectivity index (χ4n) is 2.98. The van der Waals surface area contributed by atoms with Crippen LogP contribution in [0.3, 0.4) is 0 Å². The second kappa shape index (κ2) is 9.82. The van der Waals surface area contributed by atoms with E-state index in [2.05, 4.69) is 15.0 Å². The van der Waals surface area contributed by atoms with Crippen LogP contribution in [0.1, 0.15) is 35.7 Å². The van der Waals surface area contributed by atoms with Crippen LogP contribution >= 0.6 is 0 Å². The molecule has 1 aliphatic heterocycles. The lowest BCUT2D eigenvalue weighted by Crippen LogP contribution is -2.31. The summed E-state index contributed by atoms with van der Waals surface area (Å²) in [5.74, 6) is 0.168. The topological polar surface area (TPSA) is 107 Å². The van der Waals surface area contributed by atoms with Crippen molar-refractivity contribution in [2.24, 2.45) is 0 Å². The Bertz CT molecular complexity index is 925. The predicted octanol–water partition coefficient (Wildman–Crippen LogP) is 1.87. The van der Waals surface area contributed by atoms with Crippen molar-refractivity contribution in [2.75, 3.05) is 19.8 Å². The van der Waals surface area contributed by atoms with Crippen molar-refractivity contribution >= 4 is 15.9 Å². The highest BCUT2D eigenvalue weighted by atomic mass is 32.2. The lowest BCUT2D eigenvalue weighted by atomic mass is 10.2. The van der Waals surface area contributed by atoms with Crippen LogP contribution in [0.5, 0.6) is 5.88 Å². The van der Waals surface area contributed by atoms with Crippen molar-refractivity contribution < 1.29 is 22.7 Å². The molecule has 0 bridgehead atoms. The first kappa shape index (κ1) is 21.2. The summed E-state index contributed by atoms with van der Waals surface area (Å²) in [5.41, 5.74) is 1.13. The summed E-state index contributed by atoms with van der Waals surface area (Å²) < 4.78 is 38.2. The number of nitrogens with zero attached hydrogens (tertiary/aromatic N) is 1. The van der Waals surface area contributed by atoms with Crippen LogP contribution < -0.4 is 14.8 Å². The zero-order valence-corrected chi connectivity index (χ0v) is 17.1. The highest BCUT2D eigenvalue weighted by Gasteiger charge is 2.20. The Morgan fingerprint density at radius 3 is 2.76 bits per heavy atom. The van der Waals surface area contributed by atoms with Crippen molar-refractivity contribution in [1.82, 2.24) is 15.0 Å². The number of rotatable bonds is 9. The maximum atomic E-state index is 12.4. The van der Waals surface area contributed by atoms with Crippen LogP contribution in [0.4, 0.5) is 0 Å². The molecule has 2 aromatic rings. The summed E-state index contributed by atoms with van der Waals surface area (Å²) in [4.78, 5) is 16.7. The van der Waals surface area contributed by atoms with Gasteiger partial charge in [0, 0.05) is 37.0 Å². The van der Waals surface area contributed by atoms with Crippen LogP contribution in [0.2, 0.25) is 0 Å². The third-order valence-electron chi connectivity index (χ3n) is 4.52. The number of nitrogens with one attached hydrogen (secondary N) is 2. The van der Waals surface area contributed by atoms with E-state index in [1.807, 2.05) is 13.0 Å². The van der Waals surface area contributed by atoms with Gasteiger partial charge in [-0.2, -0.15) is 0 Å². The molecule has 156 valence electrons. The molecule has 1 aromatic carbocycles. The summed E-state index contributed by atoms with van der Waals surface area (Å²) in [5, 5.41) is 2.79. The molecular formula is C20H25N3O5S. The summed E-state index contributed by atoms with van der Waals surface area (Å²) in [7, 11) is -3.64. The first-order chi connectivity index (χ1) is 14.0. The SMILES string of the molecule is CCOc1ncccc1CNC(=O)c1ccc(S(=O)(=O)NCC2CCCO2)cc1. The lowest BCUT2D eigenvalue weighted by Gasteiger charge is -2.12. The number of carbonyl (C=O) groups is 1. The first-order valence-electron chi connectivity index (χ1n) is 9.56. The van der Waals surface area contributed by atoms with Gasteiger partial charge in [0.25, 0.3) is 5.91 Å². The van der Waals surface area contributed by atoms with Gasteiger partial charge in [-0.15, -0.1) is 0 Å². The van der Waals surface area contributed by atoms with Gasteiger partial charge in [-0.1, -0.05) is 6.07 Å². The second-order valence-corrected chi connectivity index (χ2v) is 8.36. The van der Waals surface area contributed by atoms with E-state index in [1.165, 1.54) is 24.3 Å². The predicted molar refractivity (Wildman–Crippen MR) is 107 cm³/mol. The standard InChI is InChI=1S/C20H25N3O5S/c1-2-27-20-16(5-3-11-21-20)13-22-19(24)15-7-9-18(10-8-15)29(25,26)23-14-17-6-4-12-28-17/h3,5,7-11,17,23H,2,4,6,12-14H2,1H3,(H,22,24). The van der Waals surface area contributed by atoms with Crippen LogP contribution in [0, 0.1) is 0 Å². The van der Waals surface area contributed by atoms with Crippen LogP contribution in [0.15, 0.2) is 47.5 Å². The van der Waals surface area contributed by atoms with Gasteiger partial charge in [0.2, 0.25) is 15.9 Å². The number of amides is 1. The highest BCUT2D eigenvalue weighted by Crippen LogP contribution is 2.16. The summed E-state index contributed by atoms with van der Waals surface area (Å²) in [6, 6.07) is 9.41. The van der Waals surface area contributed by atoms with Crippen molar-refractivity contribution in [3.05, 3.63) is 53.7 Å². The number of hydrogen-bond acceptors (Lipinski definition) is 6. The molecule has 0 radical (unpaired) electrons. The molecule has 1 fully saturated rings. The van der Waals surface area contributed by atoms with Crippen LogP contribution in [-0.2, 0) is 21.3 Å². The summed E-state index contributed by atoms with van der Waals surface area (Å²) in [6.07, 6.45) is 3.34. The van der Waals surface area contributed by atoms with E-state index in [0.717, 1.165) is 18.4 Å². The molecule has 0 saturated carbocycles. The van der Waals surface area contributed by atoms with E-state index in [4.69, 9.17) is 9.47 Å². The zero-order valence-electron chi connectivity index (χ0n) is 16.3. The van der Waals surface area contributed by atoms with Gasteiger partial charge in [0.05, 0.1) is 17.6 Å². The Morgan fingerprint density at radius 1 is 1.28 bits per heavy atom. The lowest BCUT2D eigenvalue weighted by molar-refractivity contribution is 0.0950. The number of carbonyl (C=O) groups excluding carboxylic acids is 1. The van der Waals surface area contributed by atoms with E-state index in [-0.39, 0.29) is 30.0 Å². The van der Waals surface area contributed by atoms with E-state index < -0.39 is 10.0 Å². The molecule has 2 heterocycles. The number of ether oxygens (including phenoxy) is 2. The molecule has 1 saturated heterocycles. The van der Waals surface area contributed by atoms with Gasteiger partial charge in [-0.05, 0) is 50.1 Å². The molecule has 1 aliphatic rings. The average Bonchev–Trinajstić information content (AvgIpc) is 3.26. The van der Waals surface area contributed by atoms with Gasteiger partial charge in [0.15, 0.2) is 0 Å². The van der Waals surface area contributed by atoms with Gasteiger partial charge in [0.1, 0.15) is 0 Å². The average molecular weight is 420 g/mol. The van der Waals surface area contributed by atoms with E-state index >= 15 is 0 Å². The van der Waals surface area contributed by atoms with Gasteiger partial charge in [-0.25, -0.2) is 18.1 Å². The van der Waals surface area contributed by atoms with Gasteiger partial charge < -0.3 is 14.8 Å². The molecule has 0 aliphatic carbocycles. The molecule has 1 aromatic heterocycles. The number of benzene rings is 1. The van der Waals surface area contributed by atoms with Crippen molar-refractivity contribution in [1.29, 1.82) is 0 Å². The zero-order chi connectivity index (χ0) is 20.7. The maximum Gasteiger partial charge on any atom is 0.251 e. The minimum atomic E-state index is -3.64. The number of hydrogen-bond donors (Lipinski definition) is 2. The van der Waals surface area contributed by atoms with Crippen LogP contribution in [0.25, 0.3) is 0 Å². The first-order valence-corrected chi connectivity index (χ1v) is 11.0. The normalized spacial score (nSPS) is 16.5. The van der Waals surface area contributed by atoms with E-state index in [1.54, 1.807) is 12.3 Å². The Labute approximate surface area is 170 Å². The quantitative estimate of drug-likeness (QED) is 0.643. The molecule has 29 heavy (non-hydrogen) atoms. The molecule has 0 spiro atoms. The van der Waals surface area contributed by atoms with Crippen molar-refractivity contribution in [2.45, 2.75) is 37.3 Å². The fraction of sp³-hybridized carbons (Fsp3) is 0.400. The molecule has 2 N–H and O–H groups in total. The van der Waals surface area contributed by atoms with E-state index in [0.29, 0.717) is 24.7 Å². The smallest absolute Gasteiger partial charge is 0.251 e. The second-order valence-electron chi connectivity index (χ2n) is 6.59. The third-order valence-corrected chi connectivity index (χ3v) is 5.96. The Hall–Kier alpha value is -2.49. The number of aromatic nitrogens is 1. The summed E-state index contributed by atoms with van der Waals surface area (Å²) >= 11 is 0. The van der Waals surface area contributed by atoms with Gasteiger partial charge in [-0.3, -0.25) is 4.79 Å². The molecule has 9 heteroatoms. The molecule has 1 atom stereocenters. The Morgan fingerprint density at radius 2 is 2.07 bits per heavy atom. The van der Waals surface area contributed by atoms with Crippen molar-refractivity contribution in [3.8, 4) is 5.88 Å². The Kier molecular flexibility index (Phi) is 7.18. The third kappa shape index (κ3) is 5.75. The largest absolute Gasteiger partial charge is 0.478 e. The monoisotopic (exact) mass is 419 g/mol. The van der Waals surface area contributed by atoms with Crippen LogP contribution in [-0.4, -0.2) is 45.2 Å². The Balaban J connectivity index is 1.58. The minimum absolute atomic E-state index is 0.0797. The molecule has 1 amide bonds. The fourth-order valence-corrected chi connectivity index (χ4v) is 4.05.